The van der Waals surface area contributed by atoms with Crippen molar-refractivity contribution in [3.63, 3.8) is 0 Å². The molecule has 1 amide bonds. The van der Waals surface area contributed by atoms with E-state index in [1.165, 1.54) is 6.08 Å². The molecule has 0 spiro atoms. The van der Waals surface area contributed by atoms with E-state index >= 15 is 0 Å². The van der Waals surface area contributed by atoms with Crippen LogP contribution in [-0.4, -0.2) is 36.5 Å². The predicted octanol–water partition coefficient (Wildman–Crippen LogP) is 2.16. The average molecular weight is 283 g/mol. The Bertz CT molecular complexity index is 517. The number of carbonyl (C=O) groups excluding carboxylic acids is 2. The topological polar surface area (TPSA) is 46.6 Å². The van der Waals surface area contributed by atoms with E-state index in [0.717, 1.165) is 17.0 Å². The SMILES string of the molecule is C=CCN(CC(=O)OCC)C(=O)c1ccc(F)cc1F. The van der Waals surface area contributed by atoms with Crippen LogP contribution < -0.4 is 0 Å². The molecular formula is C14H15F2NO3. The monoisotopic (exact) mass is 283 g/mol. The molecule has 0 bridgehead atoms. The molecule has 0 saturated heterocycles. The van der Waals surface area contributed by atoms with Gasteiger partial charge in [0.15, 0.2) is 0 Å². The minimum atomic E-state index is -0.979. The van der Waals surface area contributed by atoms with Crippen LogP contribution >= 0.6 is 0 Å². The fourth-order valence-corrected chi connectivity index (χ4v) is 1.57. The summed E-state index contributed by atoms with van der Waals surface area (Å²) in [5.74, 6) is -3.09. The van der Waals surface area contributed by atoms with E-state index in [-0.39, 0.29) is 25.3 Å². The van der Waals surface area contributed by atoms with E-state index < -0.39 is 23.5 Å². The second-order valence-corrected chi connectivity index (χ2v) is 3.90. The van der Waals surface area contributed by atoms with E-state index in [4.69, 9.17) is 4.74 Å². The number of nitrogens with zero attached hydrogens (tertiary/aromatic N) is 1. The van der Waals surface area contributed by atoms with Gasteiger partial charge in [-0.2, -0.15) is 0 Å². The lowest BCUT2D eigenvalue weighted by Crippen LogP contribution is -2.37. The highest BCUT2D eigenvalue weighted by molar-refractivity contribution is 5.96. The van der Waals surface area contributed by atoms with Crippen molar-refractivity contribution in [1.29, 1.82) is 0 Å². The molecule has 0 aromatic heterocycles. The van der Waals surface area contributed by atoms with Crippen molar-refractivity contribution in [2.75, 3.05) is 19.7 Å². The molecule has 6 heteroatoms. The third-order valence-electron chi connectivity index (χ3n) is 2.42. The number of ether oxygens (including phenoxy) is 1. The Hall–Kier alpha value is -2.24. The van der Waals surface area contributed by atoms with Crippen LogP contribution in [0.4, 0.5) is 8.78 Å². The van der Waals surface area contributed by atoms with Gasteiger partial charge in [0.25, 0.3) is 5.91 Å². The lowest BCUT2D eigenvalue weighted by atomic mass is 10.1. The Morgan fingerprint density at radius 2 is 2.10 bits per heavy atom. The van der Waals surface area contributed by atoms with E-state index in [9.17, 15) is 18.4 Å². The summed E-state index contributed by atoms with van der Waals surface area (Å²) >= 11 is 0. The third-order valence-corrected chi connectivity index (χ3v) is 2.42. The minimum absolute atomic E-state index is 0.0501. The summed E-state index contributed by atoms with van der Waals surface area (Å²) in [6.07, 6.45) is 1.40. The molecule has 108 valence electrons. The molecule has 0 atom stereocenters. The number of halogens is 2. The smallest absolute Gasteiger partial charge is 0.325 e. The predicted molar refractivity (Wildman–Crippen MR) is 69.1 cm³/mol. The maximum Gasteiger partial charge on any atom is 0.325 e. The lowest BCUT2D eigenvalue weighted by Gasteiger charge is -2.20. The molecule has 4 nitrogen and oxygen atoms in total. The fourth-order valence-electron chi connectivity index (χ4n) is 1.57. The molecule has 0 N–H and O–H groups in total. The van der Waals surface area contributed by atoms with Gasteiger partial charge in [0.1, 0.15) is 18.2 Å². The Labute approximate surface area is 115 Å². The van der Waals surface area contributed by atoms with Crippen LogP contribution in [0.15, 0.2) is 30.9 Å². The first-order valence-electron chi connectivity index (χ1n) is 6.00. The van der Waals surface area contributed by atoms with Crippen LogP contribution in [0.25, 0.3) is 0 Å². The minimum Gasteiger partial charge on any atom is -0.465 e. The van der Waals surface area contributed by atoms with Crippen LogP contribution in [0.1, 0.15) is 17.3 Å². The zero-order valence-corrected chi connectivity index (χ0v) is 11.1. The van der Waals surface area contributed by atoms with Gasteiger partial charge in [-0.3, -0.25) is 9.59 Å². The van der Waals surface area contributed by atoms with Crippen molar-refractivity contribution < 1.29 is 23.1 Å². The van der Waals surface area contributed by atoms with Crippen LogP contribution in [-0.2, 0) is 9.53 Å². The molecule has 0 fully saturated rings. The summed E-state index contributed by atoms with van der Waals surface area (Å²) in [4.78, 5) is 24.6. The van der Waals surface area contributed by atoms with Crippen molar-refractivity contribution in [2.45, 2.75) is 6.92 Å². The number of rotatable bonds is 6. The maximum absolute atomic E-state index is 13.6. The van der Waals surface area contributed by atoms with Gasteiger partial charge in [0.05, 0.1) is 12.2 Å². The molecular weight excluding hydrogens is 268 g/mol. The number of hydrogen-bond acceptors (Lipinski definition) is 3. The van der Waals surface area contributed by atoms with Crippen molar-refractivity contribution >= 4 is 11.9 Å². The number of hydrogen-bond donors (Lipinski definition) is 0. The summed E-state index contributed by atoms with van der Waals surface area (Å²) in [6.45, 7) is 5.01. The Balaban J connectivity index is 2.93. The number of esters is 1. The van der Waals surface area contributed by atoms with Crippen molar-refractivity contribution in [3.8, 4) is 0 Å². The molecule has 0 radical (unpaired) electrons. The van der Waals surface area contributed by atoms with Crippen LogP contribution in [0.2, 0.25) is 0 Å². The first-order chi connectivity index (χ1) is 9.49. The Kier molecular flexibility index (Phi) is 5.83. The maximum atomic E-state index is 13.6. The van der Waals surface area contributed by atoms with E-state index in [2.05, 4.69) is 6.58 Å². The van der Waals surface area contributed by atoms with E-state index in [1.807, 2.05) is 0 Å². The molecule has 1 aromatic carbocycles. The zero-order chi connectivity index (χ0) is 15.1. The first kappa shape index (κ1) is 15.8. The normalized spacial score (nSPS) is 9.95. The average Bonchev–Trinajstić information content (AvgIpc) is 2.38. The molecule has 0 unspecified atom stereocenters. The van der Waals surface area contributed by atoms with Crippen molar-refractivity contribution in [1.82, 2.24) is 4.90 Å². The summed E-state index contributed by atoms with van der Waals surface area (Å²) in [5, 5.41) is 0. The van der Waals surface area contributed by atoms with Gasteiger partial charge in [0, 0.05) is 12.6 Å². The Morgan fingerprint density at radius 1 is 1.40 bits per heavy atom. The van der Waals surface area contributed by atoms with Crippen molar-refractivity contribution in [2.24, 2.45) is 0 Å². The van der Waals surface area contributed by atoms with Crippen LogP contribution in [0, 0.1) is 11.6 Å². The largest absolute Gasteiger partial charge is 0.465 e. The molecule has 1 rings (SSSR count). The highest BCUT2D eigenvalue weighted by atomic mass is 19.1. The third kappa shape index (κ3) is 4.15. The fraction of sp³-hybridized carbons (Fsp3) is 0.286. The number of carbonyl (C=O) groups is 2. The molecule has 0 saturated carbocycles. The standard InChI is InChI=1S/C14H15F2NO3/c1-3-7-17(9-13(18)20-4-2)14(19)11-6-5-10(15)8-12(11)16/h3,5-6,8H,1,4,7,9H2,2H3. The van der Waals surface area contributed by atoms with Gasteiger partial charge in [-0.15, -0.1) is 6.58 Å². The number of amides is 1. The summed E-state index contributed by atoms with van der Waals surface area (Å²) < 4.78 is 31.1. The second kappa shape index (κ2) is 7.37. The van der Waals surface area contributed by atoms with Crippen molar-refractivity contribution in [3.05, 3.63) is 48.1 Å². The van der Waals surface area contributed by atoms with Gasteiger partial charge in [0.2, 0.25) is 0 Å². The molecule has 0 aliphatic carbocycles. The second-order valence-electron chi connectivity index (χ2n) is 3.90. The van der Waals surface area contributed by atoms with Gasteiger partial charge < -0.3 is 9.64 Å². The van der Waals surface area contributed by atoms with E-state index in [0.29, 0.717) is 6.07 Å². The molecule has 0 aliphatic rings. The summed E-state index contributed by atoms with van der Waals surface area (Å²) in [6, 6.07) is 2.63. The van der Waals surface area contributed by atoms with E-state index in [1.54, 1.807) is 6.92 Å². The molecule has 1 aromatic rings. The van der Waals surface area contributed by atoms with Crippen LogP contribution in [0.5, 0.6) is 0 Å². The first-order valence-corrected chi connectivity index (χ1v) is 6.00. The highest BCUT2D eigenvalue weighted by Gasteiger charge is 2.21. The van der Waals surface area contributed by atoms with Gasteiger partial charge in [-0.1, -0.05) is 6.08 Å². The lowest BCUT2D eigenvalue weighted by molar-refractivity contribution is -0.143. The summed E-state index contributed by atoms with van der Waals surface area (Å²) in [5.41, 5.74) is -0.308. The molecule has 20 heavy (non-hydrogen) atoms. The summed E-state index contributed by atoms with van der Waals surface area (Å²) in [7, 11) is 0. The van der Waals surface area contributed by atoms with Gasteiger partial charge in [-0.25, -0.2) is 8.78 Å². The Morgan fingerprint density at radius 3 is 2.65 bits per heavy atom. The van der Waals surface area contributed by atoms with Gasteiger partial charge in [-0.05, 0) is 19.1 Å². The molecule has 0 aliphatic heterocycles. The van der Waals surface area contributed by atoms with Gasteiger partial charge >= 0.3 is 5.97 Å². The number of benzene rings is 1. The molecule has 0 heterocycles. The van der Waals surface area contributed by atoms with Crippen LogP contribution in [0.3, 0.4) is 0 Å². The quantitative estimate of drug-likeness (QED) is 0.593. The zero-order valence-electron chi connectivity index (χ0n) is 11.1. The highest BCUT2D eigenvalue weighted by Crippen LogP contribution is 2.12.